The van der Waals surface area contributed by atoms with E-state index in [2.05, 4.69) is 5.32 Å². The Bertz CT molecular complexity index is 734. The van der Waals surface area contributed by atoms with Gasteiger partial charge in [-0.15, -0.1) is 0 Å². The third kappa shape index (κ3) is 2.79. The summed E-state index contributed by atoms with van der Waals surface area (Å²) in [7, 11) is 4.82. The predicted octanol–water partition coefficient (Wildman–Crippen LogP) is 1.90. The predicted molar refractivity (Wildman–Crippen MR) is 92.5 cm³/mol. The molecule has 3 amide bonds. The summed E-state index contributed by atoms with van der Waals surface area (Å²) < 4.78 is 10.6. The highest BCUT2D eigenvalue weighted by Crippen LogP contribution is 2.38. The number of ether oxygens (including phenoxy) is 2. The summed E-state index contributed by atoms with van der Waals surface area (Å²) in [5.74, 6) is 1.16. The first-order chi connectivity index (χ1) is 11.9. The fourth-order valence-corrected chi connectivity index (χ4v) is 3.25. The van der Waals surface area contributed by atoms with Gasteiger partial charge in [0.25, 0.3) is 5.91 Å². The molecule has 0 saturated heterocycles. The standard InChI is InChI=1S/C18H23N3O4/c1-10(2)21-9-14-15(17(21)22)16(19-18(23)20(14)3)11-6-12(24-4)8-13(7-11)25-5/h6-8,10,16H,9H2,1-5H3,(H,19,23). The van der Waals surface area contributed by atoms with Gasteiger partial charge in [0, 0.05) is 19.2 Å². The Kier molecular flexibility index (Phi) is 4.32. The third-order valence-corrected chi connectivity index (χ3v) is 4.72. The van der Waals surface area contributed by atoms with Crippen LogP contribution in [0.3, 0.4) is 0 Å². The summed E-state index contributed by atoms with van der Waals surface area (Å²) in [4.78, 5) is 28.6. The molecule has 0 bridgehead atoms. The lowest BCUT2D eigenvalue weighted by molar-refractivity contribution is -0.127. The Labute approximate surface area is 147 Å². The van der Waals surface area contributed by atoms with E-state index in [-0.39, 0.29) is 18.0 Å². The van der Waals surface area contributed by atoms with Gasteiger partial charge in [-0.2, -0.15) is 0 Å². The first kappa shape index (κ1) is 17.1. The van der Waals surface area contributed by atoms with Crippen molar-refractivity contribution in [3.05, 3.63) is 35.0 Å². The molecule has 7 heteroatoms. The molecular formula is C18H23N3O4. The monoisotopic (exact) mass is 345 g/mol. The van der Waals surface area contributed by atoms with Crippen molar-refractivity contribution >= 4 is 11.9 Å². The number of benzene rings is 1. The normalized spacial score (nSPS) is 20.2. The van der Waals surface area contributed by atoms with E-state index in [1.165, 1.54) is 4.90 Å². The highest BCUT2D eigenvalue weighted by molar-refractivity contribution is 6.01. The summed E-state index contributed by atoms with van der Waals surface area (Å²) >= 11 is 0. The van der Waals surface area contributed by atoms with E-state index >= 15 is 0 Å². The van der Waals surface area contributed by atoms with Gasteiger partial charge < -0.3 is 19.7 Å². The minimum atomic E-state index is -0.529. The second-order valence-corrected chi connectivity index (χ2v) is 6.47. The number of carbonyl (C=O) groups excluding carboxylic acids is 2. The Hall–Kier alpha value is -2.70. The van der Waals surface area contributed by atoms with Crippen LogP contribution in [0.2, 0.25) is 0 Å². The SMILES string of the molecule is COc1cc(OC)cc(C2NC(=O)N(C)C3=C2C(=O)N(C(C)C)C3)c1. The molecule has 0 spiro atoms. The maximum absolute atomic E-state index is 13.0. The molecule has 3 rings (SSSR count). The first-order valence-electron chi connectivity index (χ1n) is 8.18. The molecule has 25 heavy (non-hydrogen) atoms. The lowest BCUT2D eigenvalue weighted by Crippen LogP contribution is -2.45. The van der Waals surface area contributed by atoms with Crippen molar-refractivity contribution in [2.45, 2.75) is 25.9 Å². The van der Waals surface area contributed by atoms with Crippen molar-refractivity contribution in [2.24, 2.45) is 0 Å². The zero-order valence-electron chi connectivity index (χ0n) is 15.1. The fraction of sp³-hybridized carbons (Fsp3) is 0.444. The summed E-state index contributed by atoms with van der Waals surface area (Å²) in [6.07, 6.45) is 0. The molecular weight excluding hydrogens is 322 g/mol. The summed E-state index contributed by atoms with van der Waals surface area (Å²) in [6.45, 7) is 4.37. The molecule has 0 aromatic heterocycles. The van der Waals surface area contributed by atoms with Crippen LogP contribution in [0.1, 0.15) is 25.5 Å². The van der Waals surface area contributed by atoms with Gasteiger partial charge in [0.1, 0.15) is 11.5 Å². The van der Waals surface area contributed by atoms with Gasteiger partial charge in [-0.3, -0.25) is 9.69 Å². The van der Waals surface area contributed by atoms with Crippen LogP contribution >= 0.6 is 0 Å². The quantitative estimate of drug-likeness (QED) is 0.905. The highest BCUT2D eigenvalue weighted by Gasteiger charge is 2.43. The van der Waals surface area contributed by atoms with Gasteiger partial charge in [0.15, 0.2) is 0 Å². The number of amides is 3. The average Bonchev–Trinajstić information content (AvgIpc) is 2.95. The van der Waals surface area contributed by atoms with Crippen LogP contribution in [0.15, 0.2) is 29.5 Å². The number of rotatable bonds is 4. The van der Waals surface area contributed by atoms with E-state index in [4.69, 9.17) is 9.47 Å². The molecule has 2 heterocycles. The van der Waals surface area contributed by atoms with Gasteiger partial charge in [-0.1, -0.05) is 0 Å². The lowest BCUT2D eigenvalue weighted by atomic mass is 9.95. The molecule has 0 radical (unpaired) electrons. The van der Waals surface area contributed by atoms with E-state index < -0.39 is 6.04 Å². The van der Waals surface area contributed by atoms with Crippen LogP contribution in [0.5, 0.6) is 11.5 Å². The topological polar surface area (TPSA) is 71.1 Å². The van der Waals surface area contributed by atoms with Gasteiger partial charge in [0.05, 0.1) is 38.1 Å². The zero-order chi connectivity index (χ0) is 18.3. The maximum Gasteiger partial charge on any atom is 0.322 e. The first-order valence-corrected chi connectivity index (χ1v) is 8.18. The van der Waals surface area contributed by atoms with Crippen molar-refractivity contribution in [1.82, 2.24) is 15.1 Å². The van der Waals surface area contributed by atoms with Crippen molar-refractivity contribution in [3.63, 3.8) is 0 Å². The van der Waals surface area contributed by atoms with Gasteiger partial charge >= 0.3 is 6.03 Å². The van der Waals surface area contributed by atoms with Gasteiger partial charge in [-0.05, 0) is 31.5 Å². The number of hydrogen-bond acceptors (Lipinski definition) is 4. The Morgan fingerprint density at radius 3 is 2.24 bits per heavy atom. The van der Waals surface area contributed by atoms with Crippen molar-refractivity contribution in [1.29, 1.82) is 0 Å². The molecule has 1 aromatic rings. The fourth-order valence-electron chi connectivity index (χ4n) is 3.25. The van der Waals surface area contributed by atoms with Crippen molar-refractivity contribution < 1.29 is 19.1 Å². The van der Waals surface area contributed by atoms with Gasteiger partial charge in [-0.25, -0.2) is 4.79 Å². The molecule has 0 fully saturated rings. The second-order valence-electron chi connectivity index (χ2n) is 6.47. The van der Waals surface area contributed by atoms with Crippen LogP contribution < -0.4 is 14.8 Å². The molecule has 7 nitrogen and oxygen atoms in total. The highest BCUT2D eigenvalue weighted by atomic mass is 16.5. The van der Waals surface area contributed by atoms with Crippen LogP contribution in [0.4, 0.5) is 4.79 Å². The van der Waals surface area contributed by atoms with Gasteiger partial charge in [0.2, 0.25) is 0 Å². The number of likely N-dealkylation sites (N-methyl/N-ethyl adjacent to an activating group) is 1. The molecule has 1 aromatic carbocycles. The molecule has 0 saturated carbocycles. The molecule has 0 aliphatic carbocycles. The van der Waals surface area contributed by atoms with E-state index in [1.807, 2.05) is 26.0 Å². The Balaban J connectivity index is 2.10. The zero-order valence-corrected chi connectivity index (χ0v) is 15.1. The number of nitrogens with one attached hydrogen (secondary N) is 1. The lowest BCUT2D eigenvalue weighted by Gasteiger charge is -2.31. The number of nitrogens with zero attached hydrogens (tertiary/aromatic N) is 2. The second kappa shape index (κ2) is 6.31. The van der Waals surface area contributed by atoms with Crippen LogP contribution in [-0.4, -0.2) is 55.6 Å². The number of urea groups is 1. The molecule has 2 aliphatic heterocycles. The minimum absolute atomic E-state index is 0.0522. The molecule has 1 N–H and O–H groups in total. The summed E-state index contributed by atoms with van der Waals surface area (Å²) in [5.41, 5.74) is 2.10. The van der Waals surface area contributed by atoms with E-state index in [1.54, 1.807) is 32.2 Å². The van der Waals surface area contributed by atoms with Crippen molar-refractivity contribution in [3.8, 4) is 11.5 Å². The van der Waals surface area contributed by atoms with E-state index in [9.17, 15) is 9.59 Å². The summed E-state index contributed by atoms with van der Waals surface area (Å²) in [5, 5.41) is 2.92. The van der Waals surface area contributed by atoms with Crippen molar-refractivity contribution in [2.75, 3.05) is 27.8 Å². The molecule has 1 unspecified atom stereocenters. The molecule has 2 aliphatic rings. The number of methoxy groups -OCH3 is 2. The smallest absolute Gasteiger partial charge is 0.322 e. The maximum atomic E-state index is 13.0. The Morgan fingerprint density at radius 2 is 1.72 bits per heavy atom. The van der Waals surface area contributed by atoms with Crippen LogP contribution in [0.25, 0.3) is 0 Å². The average molecular weight is 345 g/mol. The van der Waals surface area contributed by atoms with E-state index in [0.29, 0.717) is 23.6 Å². The third-order valence-electron chi connectivity index (χ3n) is 4.72. The van der Waals surface area contributed by atoms with Crippen LogP contribution in [-0.2, 0) is 4.79 Å². The summed E-state index contributed by atoms with van der Waals surface area (Å²) in [6, 6.07) is 4.68. The largest absolute Gasteiger partial charge is 0.497 e. The molecule has 1 atom stereocenters. The molecule has 134 valence electrons. The number of hydrogen-bond donors (Lipinski definition) is 1. The van der Waals surface area contributed by atoms with Crippen LogP contribution in [0, 0.1) is 0 Å². The van der Waals surface area contributed by atoms with E-state index in [0.717, 1.165) is 11.3 Å². The minimum Gasteiger partial charge on any atom is -0.497 e. The number of carbonyl (C=O) groups is 2. The Morgan fingerprint density at radius 1 is 1.12 bits per heavy atom.